The Morgan fingerprint density at radius 1 is 1.05 bits per heavy atom. The Morgan fingerprint density at radius 3 is 2.30 bits per heavy atom. The summed E-state index contributed by atoms with van der Waals surface area (Å²) in [6.45, 7) is 1.87. The van der Waals surface area contributed by atoms with Crippen LogP contribution < -0.4 is 16.4 Å². The van der Waals surface area contributed by atoms with Gasteiger partial charge in [0.1, 0.15) is 0 Å². The summed E-state index contributed by atoms with van der Waals surface area (Å²) in [7, 11) is 0. The Balaban J connectivity index is 1.66. The average molecular weight is 275 g/mol. The van der Waals surface area contributed by atoms with Gasteiger partial charge >= 0.3 is 0 Å². The van der Waals surface area contributed by atoms with Gasteiger partial charge in [-0.15, -0.1) is 0 Å². The predicted octanol–water partition coefficient (Wildman–Crippen LogP) is 2.51. The molecule has 4 heteroatoms. The molecule has 0 saturated heterocycles. The highest BCUT2D eigenvalue weighted by Gasteiger charge is 2.10. The van der Waals surface area contributed by atoms with Crippen molar-refractivity contribution in [3.8, 4) is 0 Å². The van der Waals surface area contributed by atoms with Crippen LogP contribution in [0.15, 0.2) is 24.3 Å². The van der Waals surface area contributed by atoms with Gasteiger partial charge in [-0.05, 0) is 37.1 Å². The van der Waals surface area contributed by atoms with E-state index < -0.39 is 0 Å². The van der Waals surface area contributed by atoms with E-state index in [1.807, 2.05) is 12.1 Å². The Hall–Kier alpha value is -1.55. The average Bonchev–Trinajstić information content (AvgIpc) is 2.73. The Bertz CT molecular complexity index is 408. The molecule has 1 aliphatic rings. The van der Waals surface area contributed by atoms with E-state index in [-0.39, 0.29) is 5.91 Å². The van der Waals surface area contributed by atoms with E-state index in [1.54, 1.807) is 12.1 Å². The molecule has 0 unspecified atom stereocenters. The van der Waals surface area contributed by atoms with Crippen LogP contribution in [0.4, 0.5) is 5.69 Å². The summed E-state index contributed by atoms with van der Waals surface area (Å²) in [5.41, 5.74) is 6.79. The molecule has 0 heterocycles. The molecular weight excluding hydrogens is 250 g/mol. The van der Waals surface area contributed by atoms with Gasteiger partial charge in [0.15, 0.2) is 0 Å². The molecule has 4 nitrogen and oxygen atoms in total. The molecule has 1 aromatic rings. The molecular formula is C16H25N3O. The van der Waals surface area contributed by atoms with Crippen LogP contribution in [0.1, 0.15) is 48.9 Å². The molecule has 0 spiro atoms. The third-order valence-electron chi connectivity index (χ3n) is 3.91. The Labute approximate surface area is 121 Å². The van der Waals surface area contributed by atoms with Crippen molar-refractivity contribution in [3.63, 3.8) is 0 Å². The standard InChI is InChI=1S/C16H25N3O/c17-16(20)13-7-9-15(10-8-13)19-12-11-18-14-5-3-1-2-4-6-14/h7-10,14,18-19H,1-6,11-12H2,(H2,17,20). The summed E-state index contributed by atoms with van der Waals surface area (Å²) in [4.78, 5) is 11.0. The lowest BCUT2D eigenvalue weighted by molar-refractivity contribution is 0.100. The quantitative estimate of drug-likeness (QED) is 0.552. The largest absolute Gasteiger partial charge is 0.384 e. The minimum Gasteiger partial charge on any atom is -0.384 e. The zero-order valence-corrected chi connectivity index (χ0v) is 12.0. The molecule has 0 bridgehead atoms. The van der Waals surface area contributed by atoms with E-state index >= 15 is 0 Å². The summed E-state index contributed by atoms with van der Waals surface area (Å²) in [5.74, 6) is -0.383. The van der Waals surface area contributed by atoms with Crippen LogP contribution in [0.25, 0.3) is 0 Å². The number of primary amides is 1. The maximum absolute atomic E-state index is 11.0. The molecule has 2 rings (SSSR count). The smallest absolute Gasteiger partial charge is 0.248 e. The third-order valence-corrected chi connectivity index (χ3v) is 3.91. The summed E-state index contributed by atoms with van der Waals surface area (Å²) in [6, 6.07) is 7.99. The molecule has 20 heavy (non-hydrogen) atoms. The molecule has 0 aromatic heterocycles. The zero-order chi connectivity index (χ0) is 14.2. The zero-order valence-electron chi connectivity index (χ0n) is 12.0. The molecule has 1 aliphatic carbocycles. The number of carbonyl (C=O) groups is 1. The topological polar surface area (TPSA) is 67.2 Å². The normalized spacial score (nSPS) is 16.6. The van der Waals surface area contributed by atoms with Gasteiger partial charge in [-0.25, -0.2) is 0 Å². The molecule has 1 fully saturated rings. The number of anilines is 1. The summed E-state index contributed by atoms with van der Waals surface area (Å²) in [6.07, 6.45) is 8.13. The minimum atomic E-state index is -0.383. The van der Waals surface area contributed by atoms with Crippen molar-refractivity contribution in [1.29, 1.82) is 0 Å². The van der Waals surface area contributed by atoms with Crippen LogP contribution in [0.2, 0.25) is 0 Å². The number of nitrogens with one attached hydrogen (secondary N) is 2. The SMILES string of the molecule is NC(=O)c1ccc(NCCNC2CCCCCC2)cc1. The number of rotatable bonds is 6. The number of carbonyl (C=O) groups excluding carboxylic acids is 1. The lowest BCUT2D eigenvalue weighted by atomic mass is 10.1. The van der Waals surface area contributed by atoms with E-state index in [9.17, 15) is 4.79 Å². The fourth-order valence-corrected chi connectivity index (χ4v) is 2.72. The number of amides is 1. The number of benzene rings is 1. The van der Waals surface area contributed by atoms with Gasteiger partial charge in [-0.3, -0.25) is 4.79 Å². The van der Waals surface area contributed by atoms with Crippen LogP contribution in [-0.4, -0.2) is 25.0 Å². The molecule has 1 amide bonds. The maximum atomic E-state index is 11.0. The number of nitrogens with two attached hydrogens (primary N) is 1. The van der Waals surface area contributed by atoms with Crippen molar-refractivity contribution in [2.24, 2.45) is 5.73 Å². The molecule has 0 aliphatic heterocycles. The monoisotopic (exact) mass is 275 g/mol. The highest BCUT2D eigenvalue weighted by molar-refractivity contribution is 5.93. The van der Waals surface area contributed by atoms with Gasteiger partial charge in [-0.1, -0.05) is 25.7 Å². The fraction of sp³-hybridized carbons (Fsp3) is 0.562. The molecule has 1 saturated carbocycles. The van der Waals surface area contributed by atoms with Crippen LogP contribution in [0, 0.1) is 0 Å². The van der Waals surface area contributed by atoms with Crippen LogP contribution in [0.3, 0.4) is 0 Å². The van der Waals surface area contributed by atoms with Gasteiger partial charge < -0.3 is 16.4 Å². The summed E-state index contributed by atoms with van der Waals surface area (Å²) in [5, 5.41) is 6.98. The van der Waals surface area contributed by atoms with E-state index in [2.05, 4.69) is 10.6 Å². The number of hydrogen-bond acceptors (Lipinski definition) is 3. The Kier molecular flexibility index (Phi) is 5.87. The van der Waals surface area contributed by atoms with Gasteiger partial charge in [0, 0.05) is 30.4 Å². The first kappa shape index (κ1) is 14.9. The first-order valence-electron chi connectivity index (χ1n) is 7.63. The van der Waals surface area contributed by atoms with Gasteiger partial charge in [0.05, 0.1) is 0 Å². The van der Waals surface area contributed by atoms with E-state index in [0.29, 0.717) is 11.6 Å². The van der Waals surface area contributed by atoms with E-state index in [1.165, 1.54) is 38.5 Å². The van der Waals surface area contributed by atoms with Crippen LogP contribution in [-0.2, 0) is 0 Å². The lowest BCUT2D eigenvalue weighted by Gasteiger charge is -2.16. The second-order valence-electron chi connectivity index (χ2n) is 5.51. The molecule has 0 radical (unpaired) electrons. The van der Waals surface area contributed by atoms with Gasteiger partial charge in [0.2, 0.25) is 5.91 Å². The molecule has 110 valence electrons. The van der Waals surface area contributed by atoms with Crippen molar-refractivity contribution < 1.29 is 4.79 Å². The number of hydrogen-bond donors (Lipinski definition) is 3. The van der Waals surface area contributed by atoms with Crippen molar-refractivity contribution in [2.45, 2.75) is 44.6 Å². The van der Waals surface area contributed by atoms with Crippen molar-refractivity contribution in [1.82, 2.24) is 5.32 Å². The first-order chi connectivity index (χ1) is 9.75. The van der Waals surface area contributed by atoms with E-state index in [4.69, 9.17) is 5.73 Å². The minimum absolute atomic E-state index is 0.383. The predicted molar refractivity (Wildman–Crippen MR) is 82.9 cm³/mol. The van der Waals surface area contributed by atoms with Crippen molar-refractivity contribution in [2.75, 3.05) is 18.4 Å². The van der Waals surface area contributed by atoms with Crippen molar-refractivity contribution in [3.05, 3.63) is 29.8 Å². The highest BCUT2D eigenvalue weighted by atomic mass is 16.1. The third kappa shape index (κ3) is 4.85. The van der Waals surface area contributed by atoms with Crippen molar-refractivity contribution >= 4 is 11.6 Å². The van der Waals surface area contributed by atoms with Crippen LogP contribution in [0.5, 0.6) is 0 Å². The summed E-state index contributed by atoms with van der Waals surface area (Å²) < 4.78 is 0. The van der Waals surface area contributed by atoms with Crippen LogP contribution >= 0.6 is 0 Å². The summed E-state index contributed by atoms with van der Waals surface area (Å²) >= 11 is 0. The second kappa shape index (κ2) is 7.90. The highest BCUT2D eigenvalue weighted by Crippen LogP contribution is 2.17. The fourth-order valence-electron chi connectivity index (χ4n) is 2.72. The lowest BCUT2D eigenvalue weighted by Crippen LogP contribution is -2.32. The Morgan fingerprint density at radius 2 is 1.70 bits per heavy atom. The van der Waals surface area contributed by atoms with Gasteiger partial charge in [-0.2, -0.15) is 0 Å². The van der Waals surface area contributed by atoms with E-state index in [0.717, 1.165) is 18.8 Å². The molecule has 1 aromatic carbocycles. The first-order valence-corrected chi connectivity index (χ1v) is 7.63. The molecule has 4 N–H and O–H groups in total. The molecule has 0 atom stereocenters. The second-order valence-corrected chi connectivity index (χ2v) is 5.51. The maximum Gasteiger partial charge on any atom is 0.248 e. The van der Waals surface area contributed by atoms with Gasteiger partial charge in [0.25, 0.3) is 0 Å².